The molecule has 0 radical (unpaired) electrons. The molecule has 0 aliphatic heterocycles. The van der Waals surface area contributed by atoms with E-state index in [-0.39, 0.29) is 28.5 Å². The number of benzene rings is 4. The Morgan fingerprint density at radius 2 is 1.21 bits per heavy atom. The minimum absolute atomic E-state index is 0.000942. The van der Waals surface area contributed by atoms with Gasteiger partial charge in [-0.05, 0) is 74.9 Å². The molecular weight excluding hydrogens is 580 g/mol. The lowest BCUT2D eigenvalue weighted by atomic mass is 10.1. The molecule has 220 valence electrons. The molecule has 0 saturated carbocycles. The molecule has 0 fully saturated rings. The van der Waals surface area contributed by atoms with Gasteiger partial charge in [0.25, 0.3) is 22.5 Å². The molecular formula is C30H30N2O8S2. The van der Waals surface area contributed by atoms with Crippen LogP contribution in [0.4, 0.5) is 22.7 Å². The highest BCUT2D eigenvalue weighted by Crippen LogP contribution is 2.40. The number of hydrogen-bond donors (Lipinski definition) is 3. The number of hydrogen-bond acceptors (Lipinski definition) is 5. The zero-order valence-electron chi connectivity index (χ0n) is 23.1. The van der Waals surface area contributed by atoms with Gasteiger partial charge in [0.15, 0.2) is 0 Å². The van der Waals surface area contributed by atoms with E-state index in [1.54, 1.807) is 54.6 Å². The van der Waals surface area contributed by atoms with Gasteiger partial charge in [0.2, 0.25) is 0 Å². The van der Waals surface area contributed by atoms with Crippen LogP contribution >= 0.6 is 0 Å². The molecule has 10 nitrogen and oxygen atoms in total. The number of anilines is 4. The SMILES string of the molecule is CCCOc1cc(Oc2ccc(N(c3ccc(C)cc3)S(=O)O)c(C(=O)O)c2)ccc1N(c1ccc(C)cc1)S(=O)O. The van der Waals surface area contributed by atoms with E-state index in [2.05, 4.69) is 0 Å². The van der Waals surface area contributed by atoms with Crippen LogP contribution in [0.15, 0.2) is 84.9 Å². The van der Waals surface area contributed by atoms with E-state index in [9.17, 15) is 27.4 Å². The summed E-state index contributed by atoms with van der Waals surface area (Å²) < 4.78 is 58.9. The number of carboxylic acids is 1. The van der Waals surface area contributed by atoms with E-state index in [0.717, 1.165) is 15.4 Å². The quantitative estimate of drug-likeness (QED) is 0.144. The molecule has 0 amide bonds. The number of aryl methyl sites for hydroxylation is 2. The lowest BCUT2D eigenvalue weighted by Crippen LogP contribution is -2.21. The predicted molar refractivity (Wildman–Crippen MR) is 164 cm³/mol. The summed E-state index contributed by atoms with van der Waals surface area (Å²) in [5, 5.41) is 9.95. The summed E-state index contributed by atoms with van der Waals surface area (Å²) in [6, 6.07) is 22.7. The molecule has 12 heteroatoms. The first-order valence-electron chi connectivity index (χ1n) is 12.9. The van der Waals surface area contributed by atoms with Crippen molar-refractivity contribution in [3.63, 3.8) is 0 Å². The third-order valence-corrected chi connectivity index (χ3v) is 7.55. The highest BCUT2D eigenvalue weighted by atomic mass is 32.2. The monoisotopic (exact) mass is 610 g/mol. The molecule has 3 N–H and O–H groups in total. The normalized spacial score (nSPS) is 12.3. The number of rotatable bonds is 12. The molecule has 2 atom stereocenters. The fourth-order valence-electron chi connectivity index (χ4n) is 4.10. The van der Waals surface area contributed by atoms with Gasteiger partial charge in [-0.25, -0.2) is 21.8 Å². The first-order valence-corrected chi connectivity index (χ1v) is 15.0. The van der Waals surface area contributed by atoms with E-state index in [1.807, 2.05) is 32.9 Å². The smallest absolute Gasteiger partial charge is 0.337 e. The fraction of sp³-hybridized carbons (Fsp3) is 0.167. The maximum absolute atomic E-state index is 12.4. The summed E-state index contributed by atoms with van der Waals surface area (Å²) in [5.74, 6) is -0.602. The van der Waals surface area contributed by atoms with E-state index in [4.69, 9.17) is 9.47 Å². The Morgan fingerprint density at radius 3 is 1.69 bits per heavy atom. The number of carbonyl (C=O) groups is 1. The molecule has 0 aliphatic carbocycles. The predicted octanol–water partition coefficient (Wildman–Crippen LogP) is 7.13. The summed E-state index contributed by atoms with van der Waals surface area (Å²) in [5.41, 5.74) is 2.83. The average Bonchev–Trinajstić information content (AvgIpc) is 2.95. The van der Waals surface area contributed by atoms with Gasteiger partial charge in [-0.2, -0.15) is 0 Å². The van der Waals surface area contributed by atoms with Gasteiger partial charge < -0.3 is 14.6 Å². The summed E-state index contributed by atoms with van der Waals surface area (Å²) >= 11 is -4.97. The Hall–Kier alpha value is -4.23. The molecule has 0 saturated heterocycles. The molecule has 2 unspecified atom stereocenters. The van der Waals surface area contributed by atoms with Crippen molar-refractivity contribution in [2.45, 2.75) is 27.2 Å². The molecule has 4 aromatic rings. The van der Waals surface area contributed by atoms with Gasteiger partial charge in [-0.3, -0.25) is 9.11 Å². The fourth-order valence-corrected chi connectivity index (χ4v) is 5.35. The Balaban J connectivity index is 1.71. The topological polar surface area (TPSA) is 137 Å². The van der Waals surface area contributed by atoms with Crippen molar-refractivity contribution in [3.8, 4) is 17.2 Å². The minimum Gasteiger partial charge on any atom is -0.491 e. The van der Waals surface area contributed by atoms with Crippen LogP contribution in [0.1, 0.15) is 34.8 Å². The van der Waals surface area contributed by atoms with Gasteiger partial charge in [0, 0.05) is 6.07 Å². The summed E-state index contributed by atoms with van der Waals surface area (Å²) in [4.78, 5) is 12.2. The third-order valence-electron chi connectivity index (χ3n) is 6.11. The van der Waals surface area contributed by atoms with Gasteiger partial charge in [-0.15, -0.1) is 0 Å². The second-order valence-corrected chi connectivity index (χ2v) is 10.9. The van der Waals surface area contributed by atoms with Gasteiger partial charge in [0.05, 0.1) is 34.9 Å². The van der Waals surface area contributed by atoms with Crippen LogP contribution in [-0.2, 0) is 22.5 Å². The Bertz CT molecular complexity index is 1610. The van der Waals surface area contributed by atoms with Crippen molar-refractivity contribution in [2.75, 3.05) is 15.2 Å². The van der Waals surface area contributed by atoms with Crippen LogP contribution < -0.4 is 18.1 Å². The van der Waals surface area contributed by atoms with Crippen LogP contribution in [0, 0.1) is 13.8 Å². The maximum atomic E-state index is 12.4. The van der Waals surface area contributed by atoms with Crippen molar-refractivity contribution in [1.29, 1.82) is 0 Å². The first kappa shape index (κ1) is 30.7. The van der Waals surface area contributed by atoms with Crippen molar-refractivity contribution in [1.82, 2.24) is 0 Å². The molecule has 4 aromatic carbocycles. The van der Waals surface area contributed by atoms with Crippen molar-refractivity contribution < 1.29 is 36.9 Å². The van der Waals surface area contributed by atoms with Crippen molar-refractivity contribution in [2.24, 2.45) is 0 Å². The Morgan fingerprint density at radius 1 is 0.738 bits per heavy atom. The van der Waals surface area contributed by atoms with Crippen LogP contribution in [0.25, 0.3) is 0 Å². The van der Waals surface area contributed by atoms with Gasteiger partial charge in [0.1, 0.15) is 17.2 Å². The zero-order chi connectivity index (χ0) is 30.4. The molecule has 4 rings (SSSR count). The van der Waals surface area contributed by atoms with Crippen LogP contribution in [-0.4, -0.2) is 35.2 Å². The lowest BCUT2D eigenvalue weighted by molar-refractivity contribution is 0.0697. The van der Waals surface area contributed by atoms with Gasteiger partial charge >= 0.3 is 5.97 Å². The Labute approximate surface area is 249 Å². The van der Waals surface area contributed by atoms with Crippen molar-refractivity contribution >= 4 is 51.3 Å². The molecule has 42 heavy (non-hydrogen) atoms. The molecule has 0 heterocycles. The number of carboxylic acid groups (broad SMARTS) is 1. The largest absolute Gasteiger partial charge is 0.491 e. The summed E-state index contributed by atoms with van der Waals surface area (Å²) in [6.07, 6.45) is 0.685. The van der Waals surface area contributed by atoms with Crippen molar-refractivity contribution in [3.05, 3.63) is 102 Å². The molecule has 0 bridgehead atoms. The maximum Gasteiger partial charge on any atom is 0.337 e. The first-order chi connectivity index (χ1) is 20.1. The Kier molecular flexibility index (Phi) is 9.96. The highest BCUT2D eigenvalue weighted by Gasteiger charge is 2.24. The van der Waals surface area contributed by atoms with Crippen LogP contribution in [0.3, 0.4) is 0 Å². The number of aromatic carboxylic acids is 1. The number of ether oxygens (including phenoxy) is 2. The van der Waals surface area contributed by atoms with E-state index in [0.29, 0.717) is 30.1 Å². The van der Waals surface area contributed by atoms with E-state index < -0.39 is 28.5 Å². The van der Waals surface area contributed by atoms with E-state index in [1.165, 1.54) is 22.5 Å². The zero-order valence-corrected chi connectivity index (χ0v) is 24.7. The minimum atomic E-state index is -2.56. The standard InChI is InChI=1S/C30H30N2O8S2/c1-4-17-39-29-19-25(14-16-28(29)32(42(37)38)23-11-7-21(3)8-12-23)40-24-13-15-27(26(18-24)30(33)34)31(41(35)36)22-9-5-20(2)6-10-22/h5-16,18-19H,4,17H2,1-3H3,(H,33,34)(H,35,36)(H,37,38). The molecule has 0 spiro atoms. The highest BCUT2D eigenvalue weighted by molar-refractivity contribution is 7.81. The lowest BCUT2D eigenvalue weighted by Gasteiger charge is -2.24. The molecule has 0 aromatic heterocycles. The van der Waals surface area contributed by atoms with Crippen LogP contribution in [0.2, 0.25) is 0 Å². The second kappa shape index (κ2) is 13.6. The third kappa shape index (κ3) is 7.15. The summed E-state index contributed by atoms with van der Waals surface area (Å²) in [6.45, 7) is 6.04. The average molecular weight is 611 g/mol. The molecule has 0 aliphatic rings. The second-order valence-electron chi connectivity index (χ2n) is 9.29. The summed E-state index contributed by atoms with van der Waals surface area (Å²) in [7, 11) is 0. The van der Waals surface area contributed by atoms with E-state index >= 15 is 0 Å². The van der Waals surface area contributed by atoms with Gasteiger partial charge in [-0.1, -0.05) is 42.3 Å². The van der Waals surface area contributed by atoms with Crippen LogP contribution in [0.5, 0.6) is 17.2 Å². The number of nitrogens with zero attached hydrogens (tertiary/aromatic N) is 2.